The van der Waals surface area contributed by atoms with Gasteiger partial charge >= 0.3 is 0 Å². The van der Waals surface area contributed by atoms with Crippen molar-refractivity contribution in [2.45, 2.75) is 18.7 Å². The van der Waals surface area contributed by atoms with E-state index in [1.807, 2.05) is 6.92 Å². The quantitative estimate of drug-likeness (QED) is 0.199. The maximum atomic E-state index is 13.4. The SMILES string of the molecule is C=CCOc1ccc(C=NNC(=O)CN(c2ccc(C)c(Cl)c2)S(=O)(=O)c2ccccc2)cc1OCC. The Morgan fingerprint density at radius 2 is 1.84 bits per heavy atom. The number of benzene rings is 3. The van der Waals surface area contributed by atoms with E-state index < -0.39 is 22.5 Å². The summed E-state index contributed by atoms with van der Waals surface area (Å²) < 4.78 is 39.0. The van der Waals surface area contributed by atoms with Gasteiger partial charge in [0.1, 0.15) is 13.2 Å². The van der Waals surface area contributed by atoms with Crippen molar-refractivity contribution in [3.05, 3.63) is 95.5 Å². The van der Waals surface area contributed by atoms with Gasteiger partial charge in [0, 0.05) is 5.02 Å². The first-order valence-corrected chi connectivity index (χ1v) is 13.2. The Kier molecular flexibility index (Phi) is 9.71. The first kappa shape index (κ1) is 27.8. The van der Waals surface area contributed by atoms with Gasteiger partial charge in [0.05, 0.1) is 23.4 Å². The highest BCUT2D eigenvalue weighted by atomic mass is 35.5. The summed E-state index contributed by atoms with van der Waals surface area (Å²) in [6.45, 7) is 7.56. The fourth-order valence-corrected chi connectivity index (χ4v) is 4.87. The van der Waals surface area contributed by atoms with Gasteiger partial charge in [0.2, 0.25) is 0 Å². The molecule has 0 saturated heterocycles. The summed E-state index contributed by atoms with van der Waals surface area (Å²) >= 11 is 6.25. The predicted octanol–water partition coefficient (Wildman–Crippen LogP) is 4.96. The second-order valence-corrected chi connectivity index (χ2v) is 10.1. The summed E-state index contributed by atoms with van der Waals surface area (Å²) in [5.74, 6) is 0.445. The normalized spacial score (nSPS) is 11.2. The molecular weight excluding hydrogens is 514 g/mol. The molecule has 1 N–H and O–H groups in total. The number of anilines is 1. The summed E-state index contributed by atoms with van der Waals surface area (Å²) in [4.78, 5) is 12.8. The molecule has 0 fully saturated rings. The number of hydrogen-bond acceptors (Lipinski definition) is 6. The number of aryl methyl sites for hydroxylation is 1. The first-order valence-electron chi connectivity index (χ1n) is 11.4. The lowest BCUT2D eigenvalue weighted by atomic mass is 10.2. The van der Waals surface area contributed by atoms with Crippen molar-refractivity contribution < 1.29 is 22.7 Å². The van der Waals surface area contributed by atoms with Crippen LogP contribution in [0.25, 0.3) is 0 Å². The molecular formula is C27H28ClN3O5S. The van der Waals surface area contributed by atoms with Crippen LogP contribution in [0.15, 0.2) is 89.4 Å². The molecule has 0 aliphatic heterocycles. The number of carbonyl (C=O) groups excluding carboxylic acids is 1. The molecule has 0 radical (unpaired) electrons. The van der Waals surface area contributed by atoms with E-state index >= 15 is 0 Å². The van der Waals surface area contributed by atoms with Crippen molar-refractivity contribution in [2.75, 3.05) is 24.1 Å². The van der Waals surface area contributed by atoms with Gasteiger partial charge in [-0.05, 0) is 67.4 Å². The van der Waals surface area contributed by atoms with Crippen molar-refractivity contribution in [3.63, 3.8) is 0 Å². The van der Waals surface area contributed by atoms with E-state index in [1.165, 1.54) is 24.4 Å². The van der Waals surface area contributed by atoms with E-state index in [0.717, 1.165) is 9.87 Å². The number of sulfonamides is 1. The maximum Gasteiger partial charge on any atom is 0.264 e. The van der Waals surface area contributed by atoms with Gasteiger partial charge in [-0.3, -0.25) is 9.10 Å². The molecule has 0 heterocycles. The smallest absolute Gasteiger partial charge is 0.264 e. The minimum Gasteiger partial charge on any atom is -0.490 e. The Hall–Kier alpha value is -3.82. The van der Waals surface area contributed by atoms with Gasteiger partial charge in [0.15, 0.2) is 11.5 Å². The molecule has 1 amide bonds. The number of nitrogens with zero attached hydrogens (tertiary/aromatic N) is 2. The summed E-state index contributed by atoms with van der Waals surface area (Å²) in [7, 11) is -4.06. The molecule has 0 aliphatic rings. The van der Waals surface area contributed by atoms with E-state index in [2.05, 4.69) is 17.1 Å². The molecule has 0 saturated carbocycles. The third-order valence-corrected chi connectivity index (χ3v) is 7.28. The summed E-state index contributed by atoms with van der Waals surface area (Å²) in [5.41, 5.74) is 4.08. The third kappa shape index (κ3) is 7.34. The molecule has 194 valence electrons. The highest BCUT2D eigenvalue weighted by molar-refractivity contribution is 7.92. The zero-order valence-electron chi connectivity index (χ0n) is 20.6. The van der Waals surface area contributed by atoms with E-state index in [1.54, 1.807) is 61.5 Å². The second kappa shape index (κ2) is 12.9. The van der Waals surface area contributed by atoms with Gasteiger partial charge in [-0.25, -0.2) is 13.8 Å². The average Bonchev–Trinajstić information content (AvgIpc) is 2.89. The summed E-state index contributed by atoms with van der Waals surface area (Å²) in [6.07, 6.45) is 3.06. The minimum atomic E-state index is -4.06. The topological polar surface area (TPSA) is 97.3 Å². The number of hydrazone groups is 1. The van der Waals surface area contributed by atoms with Crippen LogP contribution in [0.4, 0.5) is 5.69 Å². The van der Waals surface area contributed by atoms with Crippen LogP contribution in [-0.4, -0.2) is 40.3 Å². The number of amides is 1. The standard InChI is InChI=1S/C27H28ClN3O5S/c1-4-15-36-25-14-12-21(16-26(25)35-5-2)18-29-30-27(32)19-31(22-13-11-20(3)24(28)17-22)37(33,34)23-9-7-6-8-10-23/h4,6-14,16-18H,1,5,15,19H2,2-3H3,(H,30,32). The van der Waals surface area contributed by atoms with Crippen molar-refractivity contribution in [1.29, 1.82) is 0 Å². The number of carbonyl (C=O) groups is 1. The van der Waals surface area contributed by atoms with Gasteiger partial charge < -0.3 is 9.47 Å². The zero-order chi connectivity index (χ0) is 26.8. The predicted molar refractivity (Wildman–Crippen MR) is 146 cm³/mol. The number of halogens is 1. The fraction of sp³-hybridized carbons (Fsp3) is 0.185. The lowest BCUT2D eigenvalue weighted by Gasteiger charge is -2.24. The number of nitrogens with one attached hydrogen (secondary N) is 1. The monoisotopic (exact) mass is 541 g/mol. The van der Waals surface area contributed by atoms with E-state index in [0.29, 0.717) is 35.3 Å². The second-order valence-electron chi connectivity index (χ2n) is 7.79. The maximum absolute atomic E-state index is 13.4. The Bertz CT molecular complexity index is 1380. The summed E-state index contributed by atoms with van der Waals surface area (Å²) in [6, 6.07) is 17.9. The number of hydrogen-bond donors (Lipinski definition) is 1. The molecule has 0 aliphatic carbocycles. The Balaban J connectivity index is 1.80. The van der Waals surface area contributed by atoms with Crippen LogP contribution in [-0.2, 0) is 14.8 Å². The largest absolute Gasteiger partial charge is 0.490 e. The molecule has 0 spiro atoms. The molecule has 0 aromatic heterocycles. The molecule has 0 atom stereocenters. The highest BCUT2D eigenvalue weighted by Crippen LogP contribution is 2.29. The number of rotatable bonds is 12. The summed E-state index contributed by atoms with van der Waals surface area (Å²) in [5, 5.41) is 4.37. The minimum absolute atomic E-state index is 0.0465. The van der Waals surface area contributed by atoms with E-state index in [9.17, 15) is 13.2 Å². The van der Waals surface area contributed by atoms with Crippen LogP contribution in [0.3, 0.4) is 0 Å². The molecule has 0 bridgehead atoms. The van der Waals surface area contributed by atoms with Gasteiger partial charge in [-0.15, -0.1) is 0 Å². The molecule has 37 heavy (non-hydrogen) atoms. The first-order chi connectivity index (χ1) is 17.8. The van der Waals surface area contributed by atoms with Crippen LogP contribution in [0.2, 0.25) is 5.02 Å². The average molecular weight is 542 g/mol. The molecule has 3 rings (SSSR count). The van der Waals surface area contributed by atoms with Crippen molar-refractivity contribution in [1.82, 2.24) is 5.43 Å². The van der Waals surface area contributed by atoms with Gasteiger partial charge in [-0.2, -0.15) is 5.10 Å². The van der Waals surface area contributed by atoms with E-state index in [4.69, 9.17) is 21.1 Å². The molecule has 3 aromatic rings. The van der Waals surface area contributed by atoms with Crippen LogP contribution < -0.4 is 19.2 Å². The van der Waals surface area contributed by atoms with Crippen LogP contribution in [0, 0.1) is 6.92 Å². The molecule has 0 unspecified atom stereocenters. The fourth-order valence-electron chi connectivity index (χ4n) is 3.26. The Labute approximate surface area is 222 Å². The third-order valence-electron chi connectivity index (χ3n) is 5.09. The van der Waals surface area contributed by atoms with Crippen molar-refractivity contribution >= 4 is 39.4 Å². The highest BCUT2D eigenvalue weighted by Gasteiger charge is 2.27. The van der Waals surface area contributed by atoms with E-state index in [-0.39, 0.29) is 10.6 Å². The van der Waals surface area contributed by atoms with Crippen LogP contribution in [0.5, 0.6) is 11.5 Å². The van der Waals surface area contributed by atoms with Crippen LogP contribution in [0.1, 0.15) is 18.1 Å². The lowest BCUT2D eigenvalue weighted by Crippen LogP contribution is -2.39. The molecule has 3 aromatic carbocycles. The number of ether oxygens (including phenoxy) is 2. The Morgan fingerprint density at radius 1 is 1.08 bits per heavy atom. The van der Waals surface area contributed by atoms with Gasteiger partial charge in [0.25, 0.3) is 15.9 Å². The van der Waals surface area contributed by atoms with Crippen molar-refractivity contribution in [2.24, 2.45) is 5.10 Å². The molecule has 8 nitrogen and oxygen atoms in total. The van der Waals surface area contributed by atoms with Crippen molar-refractivity contribution in [3.8, 4) is 11.5 Å². The van der Waals surface area contributed by atoms with Gasteiger partial charge in [-0.1, -0.05) is 48.5 Å². The Morgan fingerprint density at radius 3 is 2.51 bits per heavy atom. The molecule has 10 heteroatoms. The van der Waals surface area contributed by atoms with Crippen LogP contribution >= 0.6 is 11.6 Å². The zero-order valence-corrected chi connectivity index (χ0v) is 22.1. The lowest BCUT2D eigenvalue weighted by molar-refractivity contribution is -0.119.